The van der Waals surface area contributed by atoms with Crippen LogP contribution in [0.25, 0.3) is 0 Å². The molecular formula is C22H29ClO. The van der Waals surface area contributed by atoms with Gasteiger partial charge in [0.05, 0.1) is 0 Å². The minimum atomic E-state index is 0.325. The van der Waals surface area contributed by atoms with Crippen molar-refractivity contribution in [1.82, 2.24) is 0 Å². The summed E-state index contributed by atoms with van der Waals surface area (Å²) in [6.07, 6.45) is 9.32. The Morgan fingerprint density at radius 2 is 1.38 bits per heavy atom. The normalized spacial score (nSPS) is 12.2. The van der Waals surface area contributed by atoms with Crippen LogP contribution < -0.4 is 0 Å². The molecule has 0 heterocycles. The molecule has 0 bridgehead atoms. The molecule has 0 amide bonds. The minimum Gasteiger partial charge on any atom is -0.396 e. The summed E-state index contributed by atoms with van der Waals surface area (Å²) in [6.45, 7) is 0.325. The van der Waals surface area contributed by atoms with E-state index in [1.54, 1.807) is 0 Å². The zero-order valence-corrected chi connectivity index (χ0v) is 15.2. The quantitative estimate of drug-likeness (QED) is 0.468. The van der Waals surface area contributed by atoms with Crippen LogP contribution >= 0.6 is 11.6 Å². The summed E-state index contributed by atoms with van der Waals surface area (Å²) in [5.41, 5.74) is 2.66. The number of hydrogen-bond acceptors (Lipinski definition) is 1. The van der Waals surface area contributed by atoms with Gasteiger partial charge in [0, 0.05) is 11.6 Å². The van der Waals surface area contributed by atoms with Crippen LogP contribution in [-0.2, 0) is 6.42 Å². The highest BCUT2D eigenvalue weighted by molar-refractivity contribution is 6.31. The number of aliphatic hydroxyl groups excluding tert-OH is 1. The van der Waals surface area contributed by atoms with Crippen LogP contribution in [0.15, 0.2) is 54.6 Å². The van der Waals surface area contributed by atoms with E-state index in [0.29, 0.717) is 12.5 Å². The molecule has 0 spiro atoms. The fourth-order valence-corrected chi connectivity index (χ4v) is 3.57. The van der Waals surface area contributed by atoms with Crippen molar-refractivity contribution < 1.29 is 5.11 Å². The standard InChI is InChI=1S/C22H29ClO/c23-22-16-10-9-15-21(22)20(18-19-12-6-5-7-13-19)14-8-3-1-2-4-11-17-24/h5-7,9-10,12-13,15-16,20,24H,1-4,8,11,14,17-18H2. The van der Waals surface area contributed by atoms with E-state index < -0.39 is 0 Å². The van der Waals surface area contributed by atoms with Crippen LogP contribution in [0.3, 0.4) is 0 Å². The first kappa shape index (κ1) is 19.0. The van der Waals surface area contributed by atoms with Crippen LogP contribution in [0.2, 0.25) is 5.02 Å². The summed E-state index contributed by atoms with van der Waals surface area (Å²) in [6, 6.07) is 19.0. The first-order chi connectivity index (χ1) is 11.8. The van der Waals surface area contributed by atoms with Gasteiger partial charge in [0.2, 0.25) is 0 Å². The Kier molecular flexibility index (Phi) is 8.94. The third kappa shape index (κ3) is 6.67. The van der Waals surface area contributed by atoms with Gasteiger partial charge < -0.3 is 5.11 Å². The van der Waals surface area contributed by atoms with Crippen molar-refractivity contribution in [3.63, 3.8) is 0 Å². The minimum absolute atomic E-state index is 0.325. The Morgan fingerprint density at radius 3 is 2.08 bits per heavy atom. The molecule has 0 radical (unpaired) electrons. The van der Waals surface area contributed by atoms with Gasteiger partial charge >= 0.3 is 0 Å². The molecular weight excluding hydrogens is 316 g/mol. The number of benzene rings is 2. The second-order valence-corrected chi connectivity index (χ2v) is 6.95. The second kappa shape index (κ2) is 11.3. The molecule has 1 N–H and O–H groups in total. The molecule has 1 nitrogen and oxygen atoms in total. The highest BCUT2D eigenvalue weighted by atomic mass is 35.5. The predicted octanol–water partition coefficient (Wildman–Crippen LogP) is 6.39. The lowest BCUT2D eigenvalue weighted by Gasteiger charge is -2.19. The van der Waals surface area contributed by atoms with Gasteiger partial charge in [-0.15, -0.1) is 0 Å². The SMILES string of the molecule is OCCCCCCCCC(Cc1ccccc1)c1ccccc1Cl. The van der Waals surface area contributed by atoms with Crippen LogP contribution in [0.5, 0.6) is 0 Å². The number of halogens is 1. The molecule has 2 aromatic rings. The fourth-order valence-electron chi connectivity index (χ4n) is 3.28. The van der Waals surface area contributed by atoms with Crippen molar-refractivity contribution in [1.29, 1.82) is 0 Å². The van der Waals surface area contributed by atoms with Crippen LogP contribution in [0.4, 0.5) is 0 Å². The van der Waals surface area contributed by atoms with Crippen molar-refractivity contribution in [2.24, 2.45) is 0 Å². The van der Waals surface area contributed by atoms with Gasteiger partial charge in [0.1, 0.15) is 0 Å². The molecule has 2 heteroatoms. The summed E-state index contributed by atoms with van der Waals surface area (Å²) < 4.78 is 0. The zero-order chi connectivity index (χ0) is 17.0. The van der Waals surface area contributed by atoms with Crippen molar-refractivity contribution in [3.05, 3.63) is 70.7 Å². The lowest BCUT2D eigenvalue weighted by molar-refractivity contribution is 0.282. The van der Waals surface area contributed by atoms with Gasteiger partial charge in [-0.2, -0.15) is 0 Å². The van der Waals surface area contributed by atoms with Crippen molar-refractivity contribution in [3.8, 4) is 0 Å². The molecule has 1 unspecified atom stereocenters. The zero-order valence-electron chi connectivity index (χ0n) is 14.5. The lowest BCUT2D eigenvalue weighted by atomic mass is 9.87. The molecule has 0 aliphatic rings. The molecule has 0 saturated carbocycles. The van der Waals surface area contributed by atoms with E-state index in [0.717, 1.165) is 24.3 Å². The van der Waals surface area contributed by atoms with Gasteiger partial charge in [-0.25, -0.2) is 0 Å². The number of unbranched alkanes of at least 4 members (excludes halogenated alkanes) is 5. The maximum absolute atomic E-state index is 8.82. The third-order valence-electron chi connectivity index (χ3n) is 4.63. The van der Waals surface area contributed by atoms with Gasteiger partial charge in [-0.3, -0.25) is 0 Å². The van der Waals surface area contributed by atoms with E-state index in [9.17, 15) is 0 Å². The smallest absolute Gasteiger partial charge is 0.0440 e. The average molecular weight is 345 g/mol. The van der Waals surface area contributed by atoms with Crippen LogP contribution in [0, 0.1) is 0 Å². The molecule has 0 aliphatic heterocycles. The monoisotopic (exact) mass is 344 g/mol. The lowest BCUT2D eigenvalue weighted by Crippen LogP contribution is -2.04. The summed E-state index contributed by atoms with van der Waals surface area (Å²) in [5.74, 6) is 0.485. The molecule has 0 aromatic heterocycles. The van der Waals surface area contributed by atoms with E-state index >= 15 is 0 Å². The number of hydrogen-bond donors (Lipinski definition) is 1. The third-order valence-corrected chi connectivity index (χ3v) is 4.97. The van der Waals surface area contributed by atoms with E-state index in [2.05, 4.69) is 42.5 Å². The Hall–Kier alpha value is -1.31. The molecule has 2 aromatic carbocycles. The topological polar surface area (TPSA) is 20.2 Å². The van der Waals surface area contributed by atoms with Crippen molar-refractivity contribution >= 4 is 11.6 Å². The Morgan fingerprint density at radius 1 is 0.750 bits per heavy atom. The molecule has 0 saturated heterocycles. The number of aliphatic hydroxyl groups is 1. The Bertz CT molecular complexity index is 567. The first-order valence-corrected chi connectivity index (χ1v) is 9.58. The molecule has 0 fully saturated rings. The highest BCUT2D eigenvalue weighted by Crippen LogP contribution is 2.31. The van der Waals surface area contributed by atoms with E-state index in [1.165, 1.54) is 43.2 Å². The molecule has 24 heavy (non-hydrogen) atoms. The molecule has 1 atom stereocenters. The Labute approximate surface area is 151 Å². The molecule has 0 aliphatic carbocycles. The first-order valence-electron chi connectivity index (χ1n) is 9.20. The van der Waals surface area contributed by atoms with Crippen LogP contribution in [-0.4, -0.2) is 11.7 Å². The van der Waals surface area contributed by atoms with Gasteiger partial charge in [-0.05, 0) is 42.4 Å². The summed E-state index contributed by atoms with van der Waals surface area (Å²) in [4.78, 5) is 0. The number of rotatable bonds is 11. The van der Waals surface area contributed by atoms with Gasteiger partial charge in [-0.1, -0.05) is 92.2 Å². The largest absolute Gasteiger partial charge is 0.396 e. The maximum Gasteiger partial charge on any atom is 0.0440 e. The fraction of sp³-hybridized carbons (Fsp3) is 0.455. The summed E-state index contributed by atoms with van der Waals surface area (Å²) >= 11 is 6.46. The molecule has 130 valence electrons. The van der Waals surface area contributed by atoms with E-state index in [4.69, 9.17) is 16.7 Å². The van der Waals surface area contributed by atoms with Gasteiger partial charge in [0.25, 0.3) is 0 Å². The summed E-state index contributed by atoms with van der Waals surface area (Å²) in [7, 11) is 0. The summed E-state index contributed by atoms with van der Waals surface area (Å²) in [5, 5.41) is 9.71. The van der Waals surface area contributed by atoms with Gasteiger partial charge in [0.15, 0.2) is 0 Å². The average Bonchev–Trinajstić information content (AvgIpc) is 2.61. The molecule has 2 rings (SSSR count). The van der Waals surface area contributed by atoms with E-state index in [-0.39, 0.29) is 0 Å². The second-order valence-electron chi connectivity index (χ2n) is 6.54. The Balaban J connectivity index is 1.90. The predicted molar refractivity (Wildman–Crippen MR) is 104 cm³/mol. The van der Waals surface area contributed by atoms with Crippen LogP contribution in [0.1, 0.15) is 62.0 Å². The van der Waals surface area contributed by atoms with E-state index in [1.807, 2.05) is 12.1 Å². The van der Waals surface area contributed by atoms with Crippen molar-refractivity contribution in [2.75, 3.05) is 6.61 Å². The van der Waals surface area contributed by atoms with Crippen molar-refractivity contribution in [2.45, 2.75) is 57.3 Å². The highest BCUT2D eigenvalue weighted by Gasteiger charge is 2.15. The maximum atomic E-state index is 8.82.